The van der Waals surface area contributed by atoms with E-state index < -0.39 is 24.3 Å². The smallest absolute Gasteiger partial charge is 0.414 e. The summed E-state index contributed by atoms with van der Waals surface area (Å²) >= 11 is 0. The summed E-state index contributed by atoms with van der Waals surface area (Å²) in [4.78, 5) is 38.1. The van der Waals surface area contributed by atoms with Crippen molar-refractivity contribution in [3.8, 4) is 0 Å². The molecule has 1 fully saturated rings. The van der Waals surface area contributed by atoms with Crippen LogP contribution >= 0.6 is 0 Å². The first-order valence-electron chi connectivity index (χ1n) is 7.72. The van der Waals surface area contributed by atoms with Crippen LogP contribution in [0.15, 0.2) is 36.0 Å². The van der Waals surface area contributed by atoms with Crippen molar-refractivity contribution in [3.63, 3.8) is 0 Å². The Morgan fingerprint density at radius 2 is 2.00 bits per heavy atom. The zero-order chi connectivity index (χ0) is 18.0. The van der Waals surface area contributed by atoms with Crippen LogP contribution in [0.2, 0.25) is 0 Å². The van der Waals surface area contributed by atoms with Crippen LogP contribution in [0.3, 0.4) is 0 Å². The Morgan fingerprint density at radius 3 is 2.60 bits per heavy atom. The van der Waals surface area contributed by atoms with Gasteiger partial charge in [0.25, 0.3) is 5.91 Å². The fourth-order valence-corrected chi connectivity index (χ4v) is 2.54. The number of carbonyl (C=O) groups excluding carboxylic acids is 3. The molecule has 2 heterocycles. The van der Waals surface area contributed by atoms with Crippen molar-refractivity contribution in [2.45, 2.75) is 13.3 Å². The number of anilines is 2. The first-order chi connectivity index (χ1) is 12.0. The molecule has 0 radical (unpaired) electrons. The van der Waals surface area contributed by atoms with E-state index in [1.165, 1.54) is 16.0 Å². The molecule has 1 aromatic rings. The lowest BCUT2D eigenvalue weighted by molar-refractivity contribution is -0.141. The van der Waals surface area contributed by atoms with E-state index in [-0.39, 0.29) is 12.2 Å². The molecule has 1 atom stereocenters. The number of cyclic esters (lactones) is 1. The number of nitrogens with zero attached hydrogens (tertiary/aromatic N) is 2. The summed E-state index contributed by atoms with van der Waals surface area (Å²) in [5.41, 5.74) is 0.960. The fourth-order valence-electron chi connectivity index (χ4n) is 2.54. The van der Waals surface area contributed by atoms with Gasteiger partial charge in [-0.3, -0.25) is 9.69 Å². The van der Waals surface area contributed by atoms with E-state index in [1.54, 1.807) is 31.2 Å². The number of ether oxygens (including phenoxy) is 2. The third-order valence-electron chi connectivity index (χ3n) is 3.75. The minimum atomic E-state index is -1.33. The second-order valence-electron chi connectivity index (χ2n) is 5.30. The highest BCUT2D eigenvalue weighted by atomic mass is 16.6. The van der Waals surface area contributed by atoms with Crippen molar-refractivity contribution in [2.24, 2.45) is 0 Å². The van der Waals surface area contributed by atoms with Gasteiger partial charge in [-0.05, 0) is 31.2 Å². The summed E-state index contributed by atoms with van der Waals surface area (Å²) in [7, 11) is 0. The normalized spacial score (nSPS) is 20.1. The molecule has 9 nitrogen and oxygen atoms in total. The number of rotatable bonds is 4. The number of hydrogen-bond acceptors (Lipinski definition) is 7. The average molecular weight is 347 g/mol. The number of aliphatic hydroxyl groups is 1. The number of aliphatic hydroxyl groups excluding tert-OH is 1. The lowest BCUT2D eigenvalue weighted by atomic mass is 10.2. The lowest BCUT2D eigenvalue weighted by Crippen LogP contribution is -2.51. The number of nitrogens with one attached hydrogen (secondary N) is 1. The molecular weight excluding hydrogens is 330 g/mol. The van der Waals surface area contributed by atoms with Crippen LogP contribution in [-0.4, -0.2) is 49.2 Å². The van der Waals surface area contributed by atoms with Crippen LogP contribution < -0.4 is 15.1 Å². The molecule has 1 aromatic carbocycles. The maximum atomic E-state index is 11.8. The maximum absolute atomic E-state index is 11.8. The zero-order valence-electron chi connectivity index (χ0n) is 13.5. The van der Waals surface area contributed by atoms with Crippen molar-refractivity contribution in [3.05, 3.63) is 36.0 Å². The largest absolute Gasteiger partial charge is 0.462 e. The van der Waals surface area contributed by atoms with Crippen LogP contribution in [0.1, 0.15) is 6.92 Å². The van der Waals surface area contributed by atoms with Crippen LogP contribution in [0.4, 0.5) is 16.2 Å². The van der Waals surface area contributed by atoms with E-state index in [0.29, 0.717) is 24.5 Å². The summed E-state index contributed by atoms with van der Waals surface area (Å²) in [6.07, 6.45) is -0.503. The molecule has 2 aliphatic heterocycles. The predicted octanol–water partition coefficient (Wildman–Crippen LogP) is 0.302. The number of amides is 2. The molecule has 2 aliphatic rings. The molecule has 1 unspecified atom stereocenters. The molecule has 25 heavy (non-hydrogen) atoms. The number of esters is 1. The van der Waals surface area contributed by atoms with Gasteiger partial charge in [0.1, 0.15) is 12.2 Å². The molecule has 2 amide bonds. The van der Waals surface area contributed by atoms with Crippen LogP contribution in [0.5, 0.6) is 0 Å². The van der Waals surface area contributed by atoms with Crippen molar-refractivity contribution in [1.82, 2.24) is 5.32 Å². The highest BCUT2D eigenvalue weighted by molar-refractivity contribution is 6.17. The van der Waals surface area contributed by atoms with E-state index >= 15 is 0 Å². The number of hydrogen-bond donors (Lipinski definition) is 2. The highest BCUT2D eigenvalue weighted by Gasteiger charge is 2.31. The molecule has 3 rings (SSSR count). The molecule has 0 aromatic heterocycles. The van der Waals surface area contributed by atoms with E-state index in [4.69, 9.17) is 9.47 Å². The molecule has 2 N–H and O–H groups in total. The van der Waals surface area contributed by atoms with Gasteiger partial charge < -0.3 is 24.8 Å². The Hall–Kier alpha value is -3.07. The third kappa shape index (κ3) is 3.26. The molecule has 1 saturated heterocycles. The summed E-state index contributed by atoms with van der Waals surface area (Å²) in [5, 5.41) is 12.3. The van der Waals surface area contributed by atoms with Gasteiger partial charge in [0.05, 0.1) is 13.2 Å². The first-order valence-corrected chi connectivity index (χ1v) is 7.72. The summed E-state index contributed by atoms with van der Waals surface area (Å²) in [6.45, 7) is 2.57. The van der Waals surface area contributed by atoms with Gasteiger partial charge in [-0.2, -0.15) is 0 Å². The van der Waals surface area contributed by atoms with E-state index in [1.807, 2.05) is 0 Å². The van der Waals surface area contributed by atoms with Crippen molar-refractivity contribution in [1.29, 1.82) is 0 Å². The molecule has 0 bridgehead atoms. The van der Waals surface area contributed by atoms with E-state index in [0.717, 1.165) is 0 Å². The maximum Gasteiger partial charge on any atom is 0.414 e. The molecule has 0 spiro atoms. The van der Waals surface area contributed by atoms with Crippen molar-refractivity contribution >= 4 is 29.3 Å². The number of carbonyl (C=O) groups is 3. The second kappa shape index (κ2) is 6.81. The standard InChI is InChI=1S/C16H17N3O6/c1-2-24-14(21)12-9-19(15(22)17-13(12)20)11-5-3-10(4-6-11)18-7-8-25-16(18)23/h3-6,9,15,22H,2,7-8H2,1H3,(H,17,20). The van der Waals surface area contributed by atoms with E-state index in [2.05, 4.69) is 5.32 Å². The second-order valence-corrected chi connectivity index (χ2v) is 5.30. The van der Waals surface area contributed by atoms with Gasteiger partial charge >= 0.3 is 12.1 Å². The van der Waals surface area contributed by atoms with Gasteiger partial charge in [-0.1, -0.05) is 0 Å². The molecular formula is C16H17N3O6. The summed E-state index contributed by atoms with van der Waals surface area (Å²) in [6, 6.07) is 6.67. The van der Waals surface area contributed by atoms with Gasteiger partial charge in [0.15, 0.2) is 0 Å². The monoisotopic (exact) mass is 347 g/mol. The lowest BCUT2D eigenvalue weighted by Gasteiger charge is -2.31. The van der Waals surface area contributed by atoms with E-state index in [9.17, 15) is 19.5 Å². The van der Waals surface area contributed by atoms with Crippen molar-refractivity contribution < 1.29 is 29.0 Å². The van der Waals surface area contributed by atoms with Crippen molar-refractivity contribution in [2.75, 3.05) is 29.6 Å². The average Bonchev–Trinajstić information content (AvgIpc) is 3.01. The summed E-state index contributed by atoms with van der Waals surface area (Å²) < 4.78 is 9.72. The fraction of sp³-hybridized carbons (Fsp3) is 0.312. The quantitative estimate of drug-likeness (QED) is 0.596. The van der Waals surface area contributed by atoms with Gasteiger partial charge in [0, 0.05) is 17.6 Å². The Kier molecular flexibility index (Phi) is 4.57. The summed E-state index contributed by atoms with van der Waals surface area (Å²) in [5.74, 6) is -1.48. The molecule has 0 aliphatic carbocycles. The molecule has 0 saturated carbocycles. The zero-order valence-corrected chi connectivity index (χ0v) is 13.5. The first kappa shape index (κ1) is 16.8. The Balaban J connectivity index is 1.85. The number of benzene rings is 1. The predicted molar refractivity (Wildman–Crippen MR) is 86.5 cm³/mol. The minimum Gasteiger partial charge on any atom is -0.462 e. The van der Waals surface area contributed by atoms with Crippen LogP contribution in [-0.2, 0) is 19.1 Å². The Labute approximate surface area is 143 Å². The van der Waals surface area contributed by atoms with Crippen LogP contribution in [0.25, 0.3) is 0 Å². The highest BCUT2D eigenvalue weighted by Crippen LogP contribution is 2.25. The van der Waals surface area contributed by atoms with Gasteiger partial charge in [-0.15, -0.1) is 0 Å². The molecule has 9 heteroatoms. The third-order valence-corrected chi connectivity index (χ3v) is 3.75. The topological polar surface area (TPSA) is 108 Å². The molecule has 132 valence electrons. The Bertz CT molecular complexity index is 730. The van der Waals surface area contributed by atoms with Crippen LogP contribution in [0, 0.1) is 0 Å². The van der Waals surface area contributed by atoms with Gasteiger partial charge in [-0.25, -0.2) is 9.59 Å². The van der Waals surface area contributed by atoms with Gasteiger partial charge in [0.2, 0.25) is 6.35 Å². The SMILES string of the molecule is CCOC(=O)C1=CN(c2ccc(N3CCOC3=O)cc2)C(O)NC1=O. The Morgan fingerprint density at radius 1 is 1.32 bits per heavy atom. The minimum absolute atomic E-state index is 0.132.